The summed E-state index contributed by atoms with van der Waals surface area (Å²) >= 11 is 0. The van der Waals surface area contributed by atoms with Crippen LogP contribution >= 0.6 is 0 Å². The van der Waals surface area contributed by atoms with Crippen LogP contribution in [0.2, 0.25) is 0 Å². The van der Waals surface area contributed by atoms with E-state index in [-0.39, 0.29) is 47.8 Å². The Morgan fingerprint density at radius 2 is 1.83 bits per heavy atom. The molecular weight excluding hydrogens is 446 g/mol. The largest absolute Gasteiger partial charge is 0.390 e. The topological polar surface area (TPSA) is 107 Å². The number of fused-ring (bicyclic) bond motifs is 5. The highest BCUT2D eigenvalue weighted by molar-refractivity contribution is 5.95. The van der Waals surface area contributed by atoms with E-state index in [1.54, 1.807) is 13.2 Å². The standard InChI is InChI=1S/C28H45NO6/c1-16(2)25(33)29(11-12-35-6)17(3)18-8-10-28(34)20-13-22(30)21-14-23(31)24(32)15-26(21,4)19(20)7-9-27(18,28)5/h13,16-19,21,23-24,31-32,34H,7-12,14-15H2,1-6H3/t17?,18-,19?,21?,23-,24+,26-,27-,28-/m1/s1. The maximum Gasteiger partial charge on any atom is 0.225 e. The minimum absolute atomic E-state index is 0.00127. The number of amides is 1. The number of allylic oxidation sites excluding steroid dienone is 1. The Morgan fingerprint density at radius 1 is 1.14 bits per heavy atom. The molecule has 0 aliphatic heterocycles. The molecule has 0 heterocycles. The van der Waals surface area contributed by atoms with Crippen molar-refractivity contribution < 1.29 is 29.6 Å². The molecule has 4 aliphatic carbocycles. The van der Waals surface area contributed by atoms with Gasteiger partial charge in [0.25, 0.3) is 0 Å². The summed E-state index contributed by atoms with van der Waals surface area (Å²) in [5.41, 5.74) is -1.23. The third-order valence-electron chi connectivity index (χ3n) is 10.6. The summed E-state index contributed by atoms with van der Waals surface area (Å²) in [5, 5.41) is 33.2. The van der Waals surface area contributed by atoms with E-state index in [2.05, 4.69) is 20.8 Å². The van der Waals surface area contributed by atoms with E-state index in [4.69, 9.17) is 4.74 Å². The SMILES string of the molecule is COCCN(C(=O)C(C)C)C(C)[C@H]1CC[C@@]2(O)C3=CC(=O)C4C[C@@H](O)[C@@H](O)C[C@]4(C)C3CC[C@]12C. The van der Waals surface area contributed by atoms with Crippen LogP contribution in [0.25, 0.3) is 0 Å². The van der Waals surface area contributed by atoms with Crippen LogP contribution in [0, 0.1) is 34.5 Å². The van der Waals surface area contributed by atoms with Crippen LogP contribution < -0.4 is 0 Å². The van der Waals surface area contributed by atoms with Gasteiger partial charge in [-0.1, -0.05) is 27.7 Å². The average Bonchev–Trinajstić information content (AvgIpc) is 3.07. The van der Waals surface area contributed by atoms with Gasteiger partial charge in [0.1, 0.15) is 0 Å². The molecule has 3 saturated carbocycles. The fourth-order valence-electron chi connectivity index (χ4n) is 8.44. The molecule has 4 rings (SSSR count). The van der Waals surface area contributed by atoms with Crippen molar-refractivity contribution in [3.05, 3.63) is 11.6 Å². The van der Waals surface area contributed by atoms with Gasteiger partial charge in [0.15, 0.2) is 5.78 Å². The van der Waals surface area contributed by atoms with Crippen LogP contribution in [0.1, 0.15) is 73.1 Å². The first-order chi connectivity index (χ1) is 16.3. The third kappa shape index (κ3) is 3.92. The van der Waals surface area contributed by atoms with Crippen LogP contribution in [0.4, 0.5) is 0 Å². The van der Waals surface area contributed by atoms with Crippen molar-refractivity contribution in [1.82, 2.24) is 4.90 Å². The summed E-state index contributed by atoms with van der Waals surface area (Å²) in [6, 6.07) is -0.0643. The van der Waals surface area contributed by atoms with Crippen molar-refractivity contribution in [3.8, 4) is 0 Å². The van der Waals surface area contributed by atoms with Gasteiger partial charge in [0, 0.05) is 36.9 Å². The van der Waals surface area contributed by atoms with Crippen molar-refractivity contribution in [2.24, 2.45) is 34.5 Å². The number of aliphatic hydroxyl groups excluding tert-OH is 2. The molecule has 9 atom stereocenters. The number of ether oxygens (including phenoxy) is 1. The predicted molar refractivity (Wildman–Crippen MR) is 132 cm³/mol. The van der Waals surface area contributed by atoms with Gasteiger partial charge in [-0.2, -0.15) is 0 Å². The van der Waals surface area contributed by atoms with Crippen molar-refractivity contribution in [2.45, 2.75) is 97.0 Å². The van der Waals surface area contributed by atoms with Gasteiger partial charge in [0.2, 0.25) is 5.91 Å². The van der Waals surface area contributed by atoms with E-state index in [0.29, 0.717) is 26.0 Å². The van der Waals surface area contributed by atoms with Crippen molar-refractivity contribution in [2.75, 3.05) is 20.3 Å². The fourth-order valence-corrected chi connectivity index (χ4v) is 8.44. The Kier molecular flexibility index (Phi) is 7.06. The zero-order valence-corrected chi connectivity index (χ0v) is 22.3. The summed E-state index contributed by atoms with van der Waals surface area (Å²) in [4.78, 5) is 28.4. The number of hydrogen-bond donors (Lipinski definition) is 3. The number of ketones is 1. The first kappa shape index (κ1) is 26.8. The molecule has 7 nitrogen and oxygen atoms in total. The van der Waals surface area contributed by atoms with Crippen LogP contribution in [-0.2, 0) is 14.3 Å². The van der Waals surface area contributed by atoms with E-state index in [1.807, 2.05) is 18.7 Å². The first-order valence-corrected chi connectivity index (χ1v) is 13.5. The summed E-state index contributed by atoms with van der Waals surface area (Å²) in [7, 11) is 1.64. The second-order valence-corrected chi connectivity index (χ2v) is 12.6. The van der Waals surface area contributed by atoms with E-state index >= 15 is 0 Å². The minimum Gasteiger partial charge on any atom is -0.390 e. The van der Waals surface area contributed by atoms with Gasteiger partial charge >= 0.3 is 0 Å². The number of nitrogens with zero attached hydrogens (tertiary/aromatic N) is 1. The first-order valence-electron chi connectivity index (χ1n) is 13.5. The molecule has 0 saturated heterocycles. The second-order valence-electron chi connectivity index (χ2n) is 12.6. The van der Waals surface area contributed by atoms with E-state index in [1.165, 1.54) is 0 Å². The Hall–Kier alpha value is -1.28. The highest BCUT2D eigenvalue weighted by Crippen LogP contribution is 2.67. The lowest BCUT2D eigenvalue weighted by molar-refractivity contribution is -0.155. The van der Waals surface area contributed by atoms with E-state index < -0.39 is 28.6 Å². The normalized spacial score (nSPS) is 43.8. The molecule has 4 aliphatic rings. The molecule has 0 aromatic heterocycles. The molecule has 1 amide bonds. The number of hydrogen-bond acceptors (Lipinski definition) is 6. The van der Waals surface area contributed by atoms with Crippen molar-refractivity contribution >= 4 is 11.7 Å². The predicted octanol–water partition coefficient (Wildman–Crippen LogP) is 2.71. The van der Waals surface area contributed by atoms with E-state index in [0.717, 1.165) is 24.8 Å². The van der Waals surface area contributed by atoms with E-state index in [9.17, 15) is 24.9 Å². The molecule has 7 heteroatoms. The lowest BCUT2D eigenvalue weighted by atomic mass is 9.46. The van der Waals surface area contributed by atoms with Gasteiger partial charge in [-0.25, -0.2) is 0 Å². The molecule has 3 fully saturated rings. The molecule has 0 spiro atoms. The molecule has 198 valence electrons. The maximum absolute atomic E-state index is 13.3. The Balaban J connectivity index is 1.68. The quantitative estimate of drug-likeness (QED) is 0.527. The van der Waals surface area contributed by atoms with Gasteiger partial charge < -0.3 is 25.0 Å². The number of rotatable bonds is 6. The molecular formula is C28H45NO6. The Labute approximate surface area is 209 Å². The molecule has 0 radical (unpaired) electrons. The molecule has 3 unspecified atom stereocenters. The zero-order valence-electron chi connectivity index (χ0n) is 22.3. The molecule has 35 heavy (non-hydrogen) atoms. The number of aliphatic hydroxyl groups is 3. The van der Waals surface area contributed by atoms with Crippen molar-refractivity contribution in [1.29, 1.82) is 0 Å². The number of carbonyl (C=O) groups excluding carboxylic acids is 2. The summed E-state index contributed by atoms with van der Waals surface area (Å²) in [6.45, 7) is 11.1. The number of carbonyl (C=O) groups is 2. The Morgan fingerprint density at radius 3 is 2.46 bits per heavy atom. The minimum atomic E-state index is -1.12. The highest BCUT2D eigenvalue weighted by atomic mass is 16.5. The van der Waals surface area contributed by atoms with Gasteiger partial charge in [-0.15, -0.1) is 0 Å². The zero-order chi connectivity index (χ0) is 25.9. The fraction of sp³-hybridized carbons (Fsp3) is 0.857. The lowest BCUT2D eigenvalue weighted by Gasteiger charge is -2.60. The lowest BCUT2D eigenvalue weighted by Crippen LogP contribution is -2.61. The van der Waals surface area contributed by atoms with Crippen LogP contribution in [0.15, 0.2) is 11.6 Å². The van der Waals surface area contributed by atoms with Gasteiger partial charge in [-0.3, -0.25) is 9.59 Å². The highest BCUT2D eigenvalue weighted by Gasteiger charge is 2.67. The summed E-state index contributed by atoms with van der Waals surface area (Å²) in [5.74, 6) is -0.293. The van der Waals surface area contributed by atoms with Gasteiger partial charge in [-0.05, 0) is 74.3 Å². The monoisotopic (exact) mass is 491 g/mol. The van der Waals surface area contributed by atoms with Crippen LogP contribution in [0.3, 0.4) is 0 Å². The second kappa shape index (κ2) is 9.23. The van der Waals surface area contributed by atoms with Gasteiger partial charge in [0.05, 0.1) is 24.4 Å². The molecule has 3 N–H and O–H groups in total. The van der Waals surface area contributed by atoms with Crippen molar-refractivity contribution in [3.63, 3.8) is 0 Å². The van der Waals surface area contributed by atoms with Crippen LogP contribution in [-0.4, -0.2) is 76.0 Å². The Bertz CT molecular complexity index is 887. The maximum atomic E-state index is 13.3. The third-order valence-corrected chi connectivity index (χ3v) is 10.6. The number of methoxy groups -OCH3 is 1. The van der Waals surface area contributed by atoms with Crippen LogP contribution in [0.5, 0.6) is 0 Å². The molecule has 0 aromatic carbocycles. The molecule has 0 aromatic rings. The average molecular weight is 492 g/mol. The summed E-state index contributed by atoms with van der Waals surface area (Å²) in [6.07, 6.45) is 3.57. The smallest absolute Gasteiger partial charge is 0.225 e. The molecule has 0 bridgehead atoms. The summed E-state index contributed by atoms with van der Waals surface area (Å²) < 4.78 is 5.30.